The summed E-state index contributed by atoms with van der Waals surface area (Å²) in [5, 5.41) is 9.89. The summed E-state index contributed by atoms with van der Waals surface area (Å²) in [5.74, 6) is 2.69. The van der Waals surface area contributed by atoms with Crippen LogP contribution in [0.2, 0.25) is 0 Å². The molecule has 0 bridgehead atoms. The summed E-state index contributed by atoms with van der Waals surface area (Å²) >= 11 is 0. The largest absolute Gasteiger partial charge is 0.393 e. The Bertz CT molecular complexity index is 478. The summed E-state index contributed by atoms with van der Waals surface area (Å²) in [6.07, 6.45) is 9.67. The topological polar surface area (TPSA) is 37.3 Å². The number of carbonyl (C=O) groups is 1. The lowest BCUT2D eigenvalue weighted by Gasteiger charge is -2.50. The van der Waals surface area contributed by atoms with Crippen LogP contribution in [0.15, 0.2) is 11.1 Å². The van der Waals surface area contributed by atoms with Gasteiger partial charge >= 0.3 is 0 Å². The maximum absolute atomic E-state index is 12.3. The molecule has 2 saturated carbocycles. The van der Waals surface area contributed by atoms with Gasteiger partial charge in [0.15, 0.2) is 0 Å². The summed E-state index contributed by atoms with van der Waals surface area (Å²) in [6.45, 7) is 2.25. The van der Waals surface area contributed by atoms with E-state index >= 15 is 0 Å². The minimum atomic E-state index is -0.0905. The first-order chi connectivity index (χ1) is 9.59. The number of aliphatic hydroxyl groups excluding tert-OH is 1. The third kappa shape index (κ3) is 1.70. The van der Waals surface area contributed by atoms with Crippen molar-refractivity contribution in [3.05, 3.63) is 11.1 Å². The molecule has 4 rings (SSSR count). The third-order valence-corrected chi connectivity index (χ3v) is 7.06. The van der Waals surface area contributed by atoms with Crippen LogP contribution in [0.1, 0.15) is 64.7 Å². The van der Waals surface area contributed by atoms with Crippen molar-refractivity contribution in [2.24, 2.45) is 23.2 Å². The first-order valence-corrected chi connectivity index (χ1v) is 8.52. The lowest BCUT2D eigenvalue weighted by atomic mass is 9.54. The molecule has 4 aliphatic carbocycles. The molecule has 2 nitrogen and oxygen atoms in total. The molecule has 3 unspecified atom stereocenters. The van der Waals surface area contributed by atoms with Crippen molar-refractivity contribution in [2.45, 2.75) is 70.8 Å². The average molecular weight is 274 g/mol. The third-order valence-electron chi connectivity index (χ3n) is 7.06. The molecular formula is C18H26O2. The SMILES string of the molecule is C[C@]12CCC3C4=C(CCC3C1CCC2=O)C[C@@H](O)CC4. The van der Waals surface area contributed by atoms with Crippen LogP contribution >= 0.6 is 0 Å². The lowest BCUT2D eigenvalue weighted by Crippen LogP contribution is -2.44. The molecule has 0 aromatic heterocycles. The Hall–Kier alpha value is -0.630. The Kier molecular flexibility index (Phi) is 2.89. The van der Waals surface area contributed by atoms with Gasteiger partial charge in [-0.1, -0.05) is 18.1 Å². The van der Waals surface area contributed by atoms with E-state index in [-0.39, 0.29) is 11.5 Å². The van der Waals surface area contributed by atoms with E-state index in [1.165, 1.54) is 19.3 Å². The monoisotopic (exact) mass is 274 g/mol. The predicted octanol–water partition coefficient (Wildman–Crippen LogP) is 3.63. The van der Waals surface area contributed by atoms with Gasteiger partial charge in [-0.3, -0.25) is 4.79 Å². The minimum Gasteiger partial charge on any atom is -0.393 e. The zero-order valence-electron chi connectivity index (χ0n) is 12.5. The zero-order valence-corrected chi connectivity index (χ0v) is 12.5. The van der Waals surface area contributed by atoms with Crippen LogP contribution < -0.4 is 0 Å². The maximum atomic E-state index is 12.3. The lowest BCUT2D eigenvalue weighted by molar-refractivity contribution is -0.129. The van der Waals surface area contributed by atoms with Gasteiger partial charge in [-0.15, -0.1) is 0 Å². The first kappa shape index (κ1) is 13.1. The van der Waals surface area contributed by atoms with Crippen LogP contribution in [0.5, 0.6) is 0 Å². The molecule has 0 amide bonds. The molecule has 0 radical (unpaired) electrons. The van der Waals surface area contributed by atoms with Crippen LogP contribution in [0.25, 0.3) is 0 Å². The fourth-order valence-corrected chi connectivity index (χ4v) is 5.96. The Balaban J connectivity index is 1.65. The highest BCUT2D eigenvalue weighted by Gasteiger charge is 2.54. The summed E-state index contributed by atoms with van der Waals surface area (Å²) in [6, 6.07) is 0. The van der Waals surface area contributed by atoms with E-state index in [4.69, 9.17) is 0 Å². The van der Waals surface area contributed by atoms with Gasteiger partial charge in [0.25, 0.3) is 0 Å². The van der Waals surface area contributed by atoms with Crippen molar-refractivity contribution in [1.82, 2.24) is 0 Å². The Morgan fingerprint density at radius 3 is 2.80 bits per heavy atom. The van der Waals surface area contributed by atoms with E-state index in [1.54, 1.807) is 11.1 Å². The van der Waals surface area contributed by atoms with Crippen molar-refractivity contribution < 1.29 is 9.90 Å². The highest BCUT2D eigenvalue weighted by molar-refractivity contribution is 5.87. The molecule has 0 aromatic carbocycles. The van der Waals surface area contributed by atoms with Gasteiger partial charge in [-0.05, 0) is 69.1 Å². The molecule has 4 aliphatic rings. The standard InChI is InChI=1S/C18H26O2/c1-18-9-8-14-13-5-3-12(19)10-11(13)2-4-15(14)16(18)6-7-17(18)20/h12,14-16,19H,2-10H2,1H3/t12-,14?,15?,16?,18-/m0/s1. The van der Waals surface area contributed by atoms with Crippen LogP contribution in [-0.2, 0) is 4.79 Å². The van der Waals surface area contributed by atoms with E-state index in [1.807, 2.05) is 0 Å². The summed E-state index contributed by atoms with van der Waals surface area (Å²) in [7, 11) is 0. The highest BCUT2D eigenvalue weighted by Crippen LogP contribution is 2.59. The molecule has 0 aromatic rings. The molecule has 0 spiro atoms. The molecule has 0 heterocycles. The number of carbonyl (C=O) groups excluding carboxylic acids is 1. The second-order valence-electron chi connectivity index (χ2n) is 7.86. The van der Waals surface area contributed by atoms with E-state index in [2.05, 4.69) is 6.92 Å². The summed E-state index contributed by atoms with van der Waals surface area (Å²) in [4.78, 5) is 12.3. The molecular weight excluding hydrogens is 248 g/mol. The minimum absolute atomic E-state index is 0.00735. The van der Waals surface area contributed by atoms with Gasteiger partial charge in [-0.2, -0.15) is 0 Å². The van der Waals surface area contributed by atoms with Crippen molar-refractivity contribution in [3.63, 3.8) is 0 Å². The Morgan fingerprint density at radius 1 is 1.10 bits per heavy atom. The number of hydrogen-bond acceptors (Lipinski definition) is 2. The van der Waals surface area contributed by atoms with E-state index in [0.29, 0.717) is 11.7 Å². The average Bonchev–Trinajstić information content (AvgIpc) is 2.74. The quantitative estimate of drug-likeness (QED) is 0.685. The van der Waals surface area contributed by atoms with E-state index in [0.717, 1.165) is 50.4 Å². The number of ketones is 1. The van der Waals surface area contributed by atoms with Crippen LogP contribution in [0, 0.1) is 23.2 Å². The molecule has 0 aliphatic heterocycles. The van der Waals surface area contributed by atoms with Gasteiger partial charge in [0.1, 0.15) is 5.78 Å². The van der Waals surface area contributed by atoms with Crippen LogP contribution in [-0.4, -0.2) is 17.0 Å². The van der Waals surface area contributed by atoms with Crippen molar-refractivity contribution in [3.8, 4) is 0 Å². The molecule has 5 atom stereocenters. The zero-order chi connectivity index (χ0) is 13.9. The fraction of sp³-hybridized carbons (Fsp3) is 0.833. The summed E-state index contributed by atoms with van der Waals surface area (Å²) in [5.41, 5.74) is 3.29. The number of rotatable bonds is 0. The van der Waals surface area contributed by atoms with Gasteiger partial charge in [0, 0.05) is 11.8 Å². The van der Waals surface area contributed by atoms with Gasteiger partial charge in [-0.25, -0.2) is 0 Å². The van der Waals surface area contributed by atoms with Crippen molar-refractivity contribution in [2.75, 3.05) is 0 Å². The van der Waals surface area contributed by atoms with E-state index < -0.39 is 0 Å². The fourth-order valence-electron chi connectivity index (χ4n) is 5.96. The first-order valence-electron chi connectivity index (χ1n) is 8.52. The molecule has 0 saturated heterocycles. The van der Waals surface area contributed by atoms with Gasteiger partial charge < -0.3 is 5.11 Å². The van der Waals surface area contributed by atoms with Crippen LogP contribution in [0.3, 0.4) is 0 Å². The van der Waals surface area contributed by atoms with Crippen molar-refractivity contribution >= 4 is 5.78 Å². The molecule has 2 fully saturated rings. The Morgan fingerprint density at radius 2 is 1.95 bits per heavy atom. The van der Waals surface area contributed by atoms with Crippen molar-refractivity contribution in [1.29, 1.82) is 0 Å². The maximum Gasteiger partial charge on any atom is 0.139 e. The van der Waals surface area contributed by atoms with Crippen LogP contribution in [0.4, 0.5) is 0 Å². The molecule has 1 N–H and O–H groups in total. The second-order valence-corrected chi connectivity index (χ2v) is 7.86. The summed E-state index contributed by atoms with van der Waals surface area (Å²) < 4.78 is 0. The number of allylic oxidation sites excluding steroid dienone is 1. The number of Topliss-reactive ketones (excluding diaryl/α,β-unsaturated/α-hetero) is 1. The smallest absolute Gasteiger partial charge is 0.139 e. The molecule has 20 heavy (non-hydrogen) atoms. The van der Waals surface area contributed by atoms with Gasteiger partial charge in [0.2, 0.25) is 0 Å². The molecule has 110 valence electrons. The molecule has 2 heteroatoms. The number of aliphatic hydroxyl groups is 1. The van der Waals surface area contributed by atoms with Gasteiger partial charge in [0.05, 0.1) is 6.10 Å². The normalized spacial score (nSPS) is 47.8. The highest BCUT2D eigenvalue weighted by atomic mass is 16.3. The number of fused-ring (bicyclic) bond motifs is 4. The van der Waals surface area contributed by atoms with E-state index in [9.17, 15) is 9.90 Å². The Labute approximate surface area is 121 Å². The predicted molar refractivity (Wildman–Crippen MR) is 78.2 cm³/mol. The second kappa shape index (κ2) is 4.43. The number of hydrogen-bond donors (Lipinski definition) is 1.